The number of hydrogen-bond acceptors (Lipinski definition) is 3. The molecule has 0 saturated carbocycles. The topological polar surface area (TPSA) is 43.6 Å². The fraction of sp³-hybridized carbons (Fsp3) is 0. The Balaban J connectivity index is 1.17. The van der Waals surface area contributed by atoms with E-state index in [-0.39, 0.29) is 0 Å². The molecule has 12 rings (SSSR count). The van der Waals surface area contributed by atoms with Crippen LogP contribution in [0.3, 0.4) is 0 Å². The molecular weight excluding hydrogens is 693 g/mol. The second kappa shape index (κ2) is 12.4. The van der Waals surface area contributed by atoms with Crippen molar-refractivity contribution >= 4 is 43.4 Å². The molecule has 11 aromatic rings. The Morgan fingerprint density at radius 3 is 1.54 bits per heavy atom. The minimum atomic E-state index is 0.632. The zero-order chi connectivity index (χ0) is 37.5. The van der Waals surface area contributed by atoms with Gasteiger partial charge in [-0.05, 0) is 85.9 Å². The number of rotatable bonds is 5. The lowest BCUT2D eigenvalue weighted by molar-refractivity contribution is 1.07. The number of nitrogens with zero attached hydrogens (tertiary/aromatic N) is 4. The van der Waals surface area contributed by atoms with Crippen LogP contribution in [-0.2, 0) is 0 Å². The first kappa shape index (κ1) is 31.6. The third kappa shape index (κ3) is 4.91. The molecule has 0 atom stereocenters. The van der Waals surface area contributed by atoms with Gasteiger partial charge in [-0.15, -0.1) is 0 Å². The summed E-state index contributed by atoms with van der Waals surface area (Å²) < 4.78 is 2.47. The monoisotopic (exact) mass is 724 g/mol. The van der Waals surface area contributed by atoms with E-state index in [0.29, 0.717) is 17.5 Å². The van der Waals surface area contributed by atoms with Crippen molar-refractivity contribution < 1.29 is 0 Å². The van der Waals surface area contributed by atoms with Gasteiger partial charge in [-0.3, -0.25) is 0 Å². The molecule has 57 heavy (non-hydrogen) atoms. The summed E-state index contributed by atoms with van der Waals surface area (Å²) in [5.74, 6) is 1.92. The van der Waals surface area contributed by atoms with E-state index in [9.17, 15) is 0 Å². The van der Waals surface area contributed by atoms with E-state index in [1.165, 1.54) is 60.4 Å². The lowest BCUT2D eigenvalue weighted by Crippen LogP contribution is -2.02. The molecule has 0 saturated heterocycles. The summed E-state index contributed by atoms with van der Waals surface area (Å²) in [6.07, 6.45) is 0. The fourth-order valence-corrected chi connectivity index (χ4v) is 9.00. The molecule has 2 heterocycles. The van der Waals surface area contributed by atoms with Crippen molar-refractivity contribution in [3.63, 3.8) is 0 Å². The van der Waals surface area contributed by atoms with Crippen LogP contribution in [0, 0.1) is 0 Å². The van der Waals surface area contributed by atoms with Gasteiger partial charge in [0.1, 0.15) is 0 Å². The molecule has 1 aliphatic rings. The average Bonchev–Trinajstić information content (AvgIpc) is 3.57. The minimum absolute atomic E-state index is 0.632. The van der Waals surface area contributed by atoms with Gasteiger partial charge in [-0.25, -0.2) is 15.0 Å². The second-order valence-corrected chi connectivity index (χ2v) is 14.8. The first-order valence-corrected chi connectivity index (χ1v) is 19.4. The number of hydrogen-bond donors (Lipinski definition) is 0. The van der Waals surface area contributed by atoms with Crippen LogP contribution >= 0.6 is 0 Å². The quantitative estimate of drug-likeness (QED) is 0.177. The Kier molecular flexibility index (Phi) is 6.89. The first-order valence-electron chi connectivity index (χ1n) is 19.4. The third-order valence-electron chi connectivity index (χ3n) is 11.5. The van der Waals surface area contributed by atoms with Gasteiger partial charge in [-0.2, -0.15) is 0 Å². The molecule has 0 aliphatic heterocycles. The highest BCUT2D eigenvalue weighted by Crippen LogP contribution is 2.51. The van der Waals surface area contributed by atoms with Crippen LogP contribution in [0.4, 0.5) is 0 Å². The van der Waals surface area contributed by atoms with Crippen LogP contribution < -0.4 is 0 Å². The maximum Gasteiger partial charge on any atom is 0.164 e. The predicted molar refractivity (Wildman–Crippen MR) is 235 cm³/mol. The van der Waals surface area contributed by atoms with E-state index in [2.05, 4.69) is 162 Å². The van der Waals surface area contributed by atoms with E-state index in [4.69, 9.17) is 15.0 Å². The summed E-state index contributed by atoms with van der Waals surface area (Å²) in [6, 6.07) is 69.3. The summed E-state index contributed by atoms with van der Waals surface area (Å²) in [6.45, 7) is 0. The Morgan fingerprint density at radius 1 is 0.298 bits per heavy atom. The molecule has 0 unspecified atom stereocenters. The Bertz CT molecular complexity index is 3330. The molecule has 4 nitrogen and oxygen atoms in total. The highest BCUT2D eigenvalue weighted by atomic mass is 15.0. The molecule has 0 bridgehead atoms. The molecule has 4 heteroatoms. The summed E-state index contributed by atoms with van der Waals surface area (Å²) >= 11 is 0. The van der Waals surface area contributed by atoms with Gasteiger partial charge in [0, 0.05) is 32.8 Å². The van der Waals surface area contributed by atoms with Crippen molar-refractivity contribution in [2.45, 2.75) is 0 Å². The lowest BCUT2D eigenvalue weighted by atomic mass is 9.90. The molecule has 0 spiro atoms. The highest BCUT2D eigenvalue weighted by molar-refractivity contribution is 6.31. The highest BCUT2D eigenvalue weighted by Gasteiger charge is 2.26. The van der Waals surface area contributed by atoms with E-state index < -0.39 is 0 Å². The number of benzene rings is 9. The summed E-state index contributed by atoms with van der Waals surface area (Å²) in [5, 5.41) is 7.33. The van der Waals surface area contributed by atoms with Crippen molar-refractivity contribution in [1.29, 1.82) is 0 Å². The molecule has 0 amide bonds. The molecule has 9 aromatic carbocycles. The van der Waals surface area contributed by atoms with Gasteiger partial charge in [0.2, 0.25) is 0 Å². The van der Waals surface area contributed by atoms with Crippen LogP contribution in [0.25, 0.3) is 117 Å². The van der Waals surface area contributed by atoms with E-state index >= 15 is 0 Å². The Labute approximate surface area is 329 Å². The molecule has 0 N–H and O–H groups in total. The molecular formula is C53H32N4. The maximum atomic E-state index is 5.16. The molecule has 1 aliphatic carbocycles. The van der Waals surface area contributed by atoms with Crippen molar-refractivity contribution in [2.24, 2.45) is 0 Å². The molecule has 264 valence electrons. The van der Waals surface area contributed by atoms with Gasteiger partial charge >= 0.3 is 0 Å². The molecule has 2 aromatic heterocycles. The van der Waals surface area contributed by atoms with Crippen molar-refractivity contribution in [1.82, 2.24) is 19.5 Å². The SMILES string of the molecule is c1ccc(-c2cc3c4c(ccc5c4c4c(cccc4n5-c4cc(-c5nc(-c6ccccc6)nc(-c6ccccc6)n5)cc5ccccc45)-c4ccccc4-3)c2)cc1. The summed E-state index contributed by atoms with van der Waals surface area (Å²) in [7, 11) is 0. The van der Waals surface area contributed by atoms with Crippen LogP contribution in [0.5, 0.6) is 0 Å². The number of aromatic nitrogens is 4. The van der Waals surface area contributed by atoms with Gasteiger partial charge in [-0.1, -0.05) is 158 Å². The van der Waals surface area contributed by atoms with Gasteiger partial charge in [0.05, 0.1) is 16.7 Å². The standard InChI is InChI=1S/C53H32N4/c1-4-15-33(16-5-1)38-30-37-27-28-46-50-48(37)44(31-38)42-24-13-12-23-41(42)43-25-14-26-45(49(43)50)57(46)47-32-39(29-36-21-10-11-22-40(36)47)53-55-51(34-17-6-2-7-18-34)54-52(56-53)35-19-8-3-9-20-35/h1-32H. The average molecular weight is 725 g/mol. The third-order valence-corrected chi connectivity index (χ3v) is 11.5. The zero-order valence-corrected chi connectivity index (χ0v) is 30.8. The normalized spacial score (nSPS) is 11.9. The summed E-state index contributed by atoms with van der Waals surface area (Å²) in [5.41, 5.74) is 13.7. The van der Waals surface area contributed by atoms with Crippen molar-refractivity contribution in [3.05, 3.63) is 194 Å². The van der Waals surface area contributed by atoms with Crippen LogP contribution in [0.1, 0.15) is 0 Å². The first-order chi connectivity index (χ1) is 28.3. The maximum absolute atomic E-state index is 5.16. The molecule has 0 fully saturated rings. The van der Waals surface area contributed by atoms with Gasteiger partial charge < -0.3 is 4.57 Å². The van der Waals surface area contributed by atoms with Crippen LogP contribution in [-0.4, -0.2) is 19.5 Å². The van der Waals surface area contributed by atoms with Gasteiger partial charge in [0.25, 0.3) is 0 Å². The van der Waals surface area contributed by atoms with Crippen molar-refractivity contribution in [2.75, 3.05) is 0 Å². The predicted octanol–water partition coefficient (Wildman–Crippen LogP) is 13.6. The number of fused-ring (bicyclic) bond motifs is 4. The van der Waals surface area contributed by atoms with E-state index in [1.54, 1.807) is 0 Å². The molecule has 0 radical (unpaired) electrons. The fourth-order valence-electron chi connectivity index (χ4n) is 9.00. The Morgan fingerprint density at radius 2 is 0.842 bits per heavy atom. The van der Waals surface area contributed by atoms with E-state index in [1.807, 2.05) is 36.4 Å². The minimum Gasteiger partial charge on any atom is -0.309 e. The Hall–Kier alpha value is -7.69. The van der Waals surface area contributed by atoms with Gasteiger partial charge in [0.15, 0.2) is 17.5 Å². The zero-order valence-electron chi connectivity index (χ0n) is 30.8. The lowest BCUT2D eigenvalue weighted by Gasteiger charge is -2.17. The second-order valence-electron chi connectivity index (χ2n) is 14.8. The smallest absolute Gasteiger partial charge is 0.164 e. The van der Waals surface area contributed by atoms with Crippen molar-refractivity contribution in [3.8, 4) is 73.2 Å². The van der Waals surface area contributed by atoms with E-state index in [0.717, 1.165) is 38.7 Å². The largest absolute Gasteiger partial charge is 0.309 e. The summed E-state index contributed by atoms with van der Waals surface area (Å²) in [4.78, 5) is 15.3. The van der Waals surface area contributed by atoms with Crippen LogP contribution in [0.15, 0.2) is 194 Å². The van der Waals surface area contributed by atoms with Crippen LogP contribution in [0.2, 0.25) is 0 Å².